The third-order valence-electron chi connectivity index (χ3n) is 5.60. The van der Waals surface area contributed by atoms with Crippen LogP contribution in [0.15, 0.2) is 47.5 Å². The van der Waals surface area contributed by atoms with Crippen LogP contribution in [0.5, 0.6) is 0 Å². The third kappa shape index (κ3) is 4.12. The van der Waals surface area contributed by atoms with Crippen molar-refractivity contribution in [3.63, 3.8) is 0 Å². The first kappa shape index (κ1) is 20.6. The van der Waals surface area contributed by atoms with Crippen molar-refractivity contribution in [1.82, 2.24) is 14.7 Å². The molecule has 30 heavy (non-hydrogen) atoms. The highest BCUT2D eigenvalue weighted by Gasteiger charge is 2.28. The van der Waals surface area contributed by atoms with Gasteiger partial charge in [-0.15, -0.1) is 0 Å². The van der Waals surface area contributed by atoms with Crippen molar-refractivity contribution in [3.05, 3.63) is 53.9 Å². The molecule has 2 heterocycles. The maximum absolute atomic E-state index is 12.9. The number of aromatic amines is 1. The summed E-state index contributed by atoms with van der Waals surface area (Å²) in [4.78, 5) is 7.78. The zero-order valence-electron chi connectivity index (χ0n) is 17.0. The molecule has 1 saturated carbocycles. The van der Waals surface area contributed by atoms with Gasteiger partial charge in [-0.25, -0.2) is 18.1 Å². The van der Waals surface area contributed by atoms with Gasteiger partial charge in [0.15, 0.2) is 0 Å². The molecule has 0 amide bonds. The minimum Gasteiger partial charge on any atom is -0.393 e. The number of aromatic nitrogens is 2. The highest BCUT2D eigenvalue weighted by atomic mass is 32.2. The first-order valence-electron chi connectivity index (χ1n) is 9.96. The highest BCUT2D eigenvalue weighted by molar-refractivity contribution is 7.89. The average Bonchev–Trinajstić information content (AvgIpc) is 3.30. The second-order valence-corrected chi connectivity index (χ2v) is 9.69. The zero-order chi connectivity index (χ0) is 21.5. The van der Waals surface area contributed by atoms with Gasteiger partial charge in [-0.05, 0) is 74.6 Å². The summed E-state index contributed by atoms with van der Waals surface area (Å²) in [5.74, 6) is 0.406. The molecule has 0 unspecified atom stereocenters. The molecular formula is C22H26N4O3S. The Morgan fingerprint density at radius 2 is 1.93 bits per heavy atom. The van der Waals surface area contributed by atoms with Gasteiger partial charge < -0.3 is 15.8 Å². The first-order chi connectivity index (χ1) is 14.2. The number of anilines is 1. The number of H-pyrrole nitrogens is 1. The Kier molecular flexibility index (Phi) is 5.40. The molecule has 158 valence electrons. The number of benzene rings is 1. The van der Waals surface area contributed by atoms with Gasteiger partial charge in [-0.1, -0.05) is 6.07 Å². The van der Waals surface area contributed by atoms with E-state index in [-0.39, 0.29) is 10.9 Å². The van der Waals surface area contributed by atoms with E-state index in [1.165, 1.54) is 0 Å². The van der Waals surface area contributed by atoms with Crippen LogP contribution < -0.4 is 10.5 Å². The van der Waals surface area contributed by atoms with E-state index in [0.717, 1.165) is 33.6 Å². The van der Waals surface area contributed by atoms with Crippen LogP contribution in [0.25, 0.3) is 22.4 Å². The van der Waals surface area contributed by atoms with Gasteiger partial charge in [0.05, 0.1) is 11.0 Å². The largest absolute Gasteiger partial charge is 0.393 e. The Labute approximate surface area is 176 Å². The fraction of sp³-hybridized carbons (Fsp3) is 0.318. The van der Waals surface area contributed by atoms with E-state index in [4.69, 9.17) is 5.73 Å². The van der Waals surface area contributed by atoms with Gasteiger partial charge in [0.2, 0.25) is 10.0 Å². The van der Waals surface area contributed by atoms with E-state index >= 15 is 0 Å². The van der Waals surface area contributed by atoms with Gasteiger partial charge >= 0.3 is 0 Å². The van der Waals surface area contributed by atoms with E-state index in [1.807, 2.05) is 32.0 Å². The summed E-state index contributed by atoms with van der Waals surface area (Å²) < 4.78 is 28.5. The maximum atomic E-state index is 12.9. The number of nitrogens with one attached hydrogen (secondary N) is 2. The molecule has 5 N–H and O–H groups in total. The lowest BCUT2D eigenvalue weighted by Crippen LogP contribution is -2.33. The molecular weight excluding hydrogens is 400 g/mol. The highest BCUT2D eigenvalue weighted by Crippen LogP contribution is 2.32. The van der Waals surface area contributed by atoms with Crippen LogP contribution in [-0.2, 0) is 10.0 Å². The topological polar surface area (TPSA) is 121 Å². The van der Waals surface area contributed by atoms with Crippen molar-refractivity contribution in [2.45, 2.75) is 50.2 Å². The lowest BCUT2D eigenvalue weighted by molar-refractivity contribution is 0.181. The zero-order valence-corrected chi connectivity index (χ0v) is 17.8. The predicted molar refractivity (Wildman–Crippen MR) is 117 cm³/mol. The van der Waals surface area contributed by atoms with Crippen LogP contribution in [0.2, 0.25) is 0 Å². The minimum atomic E-state index is -3.69. The number of nitrogens with two attached hydrogens (primary N) is 1. The Hall–Kier alpha value is -2.68. The van der Waals surface area contributed by atoms with E-state index in [9.17, 15) is 13.5 Å². The summed E-state index contributed by atoms with van der Waals surface area (Å²) in [6.45, 7) is 3.90. The second-order valence-electron chi connectivity index (χ2n) is 7.97. The van der Waals surface area contributed by atoms with Gasteiger partial charge in [0.1, 0.15) is 5.82 Å². The summed E-state index contributed by atoms with van der Waals surface area (Å²) >= 11 is 0. The number of rotatable bonds is 5. The lowest BCUT2D eigenvalue weighted by Gasteiger charge is -2.15. The number of hydrogen-bond donors (Lipinski definition) is 4. The average molecular weight is 427 g/mol. The minimum absolute atomic E-state index is 0.193. The molecule has 3 aromatic rings. The number of nitrogens with zero attached hydrogens (tertiary/aromatic N) is 1. The number of pyridine rings is 1. The van der Waals surface area contributed by atoms with Crippen LogP contribution in [0.4, 0.5) is 5.82 Å². The first-order valence-corrected chi connectivity index (χ1v) is 11.4. The van der Waals surface area contributed by atoms with Crippen LogP contribution in [0.3, 0.4) is 0 Å². The standard InChI is InChI=1S/C22H26N4O3S/c1-13-3-7-18(30(28,29)26-16-5-6-17(27)10-16)11-19(13)15-9-20(22(23)24-12-15)21-8-4-14(2)25-21/h3-4,7-9,11-12,16-17,25-27H,5-6,10H2,1-2H3,(H2,23,24)/t16-,17+/m0/s1. The number of sulfonamides is 1. The molecule has 1 aliphatic rings. The molecule has 0 saturated heterocycles. The Balaban J connectivity index is 1.70. The summed E-state index contributed by atoms with van der Waals surface area (Å²) in [5, 5.41) is 9.69. The molecule has 7 nitrogen and oxygen atoms in total. The van der Waals surface area contributed by atoms with Gasteiger partial charge in [0.25, 0.3) is 0 Å². The number of aryl methyl sites for hydroxylation is 2. The second kappa shape index (κ2) is 7.86. The Morgan fingerprint density at radius 1 is 1.13 bits per heavy atom. The van der Waals surface area contributed by atoms with Crippen molar-refractivity contribution in [3.8, 4) is 22.4 Å². The predicted octanol–water partition coefficient (Wildman–Crippen LogP) is 3.13. The number of aliphatic hydroxyl groups is 1. The van der Waals surface area contributed by atoms with Crippen molar-refractivity contribution < 1.29 is 13.5 Å². The van der Waals surface area contributed by atoms with Crippen LogP contribution in [0.1, 0.15) is 30.5 Å². The Bertz CT molecular complexity index is 1190. The van der Waals surface area contributed by atoms with Gasteiger partial charge in [-0.2, -0.15) is 0 Å². The number of nitrogen functional groups attached to an aromatic ring is 1. The van der Waals surface area contributed by atoms with Gasteiger partial charge in [0, 0.05) is 34.8 Å². The molecule has 1 fully saturated rings. The van der Waals surface area contributed by atoms with Crippen LogP contribution >= 0.6 is 0 Å². The SMILES string of the molecule is Cc1ccc(-c2cc(-c3cc(S(=O)(=O)N[C@H]4CC[C@@H](O)C4)ccc3C)cnc2N)[nH]1. The normalized spacial score (nSPS) is 19.3. The van der Waals surface area contributed by atoms with E-state index in [2.05, 4.69) is 14.7 Å². The summed E-state index contributed by atoms with van der Waals surface area (Å²) in [6, 6.07) is 10.7. The molecule has 2 atom stereocenters. The van der Waals surface area contributed by atoms with Crippen molar-refractivity contribution in [2.24, 2.45) is 0 Å². The molecule has 0 spiro atoms. The third-order valence-corrected chi connectivity index (χ3v) is 7.12. The van der Waals surface area contributed by atoms with Crippen molar-refractivity contribution >= 4 is 15.8 Å². The van der Waals surface area contributed by atoms with Crippen molar-refractivity contribution in [1.29, 1.82) is 0 Å². The molecule has 8 heteroatoms. The summed E-state index contributed by atoms with van der Waals surface area (Å²) in [7, 11) is -3.69. The molecule has 0 aliphatic heterocycles. The smallest absolute Gasteiger partial charge is 0.240 e. The Morgan fingerprint density at radius 3 is 2.60 bits per heavy atom. The van der Waals surface area contributed by atoms with E-state index < -0.39 is 16.1 Å². The molecule has 2 aromatic heterocycles. The van der Waals surface area contributed by atoms with E-state index in [0.29, 0.717) is 25.1 Å². The monoisotopic (exact) mass is 426 g/mol. The van der Waals surface area contributed by atoms with E-state index in [1.54, 1.807) is 24.4 Å². The fourth-order valence-corrected chi connectivity index (χ4v) is 5.24. The van der Waals surface area contributed by atoms with Crippen LogP contribution in [-0.4, -0.2) is 35.6 Å². The number of aliphatic hydroxyl groups excluding tert-OH is 1. The molecule has 0 bridgehead atoms. The maximum Gasteiger partial charge on any atom is 0.240 e. The van der Waals surface area contributed by atoms with Crippen molar-refractivity contribution in [2.75, 3.05) is 5.73 Å². The fourth-order valence-electron chi connectivity index (χ4n) is 3.93. The quantitative estimate of drug-likeness (QED) is 0.499. The summed E-state index contributed by atoms with van der Waals surface area (Å²) in [5.41, 5.74) is 11.2. The molecule has 4 rings (SSSR count). The molecule has 1 aliphatic carbocycles. The number of hydrogen-bond acceptors (Lipinski definition) is 5. The van der Waals surface area contributed by atoms with Crippen LogP contribution in [0, 0.1) is 13.8 Å². The lowest BCUT2D eigenvalue weighted by atomic mass is 10.00. The molecule has 0 radical (unpaired) electrons. The molecule has 1 aromatic carbocycles. The van der Waals surface area contributed by atoms with Gasteiger partial charge in [-0.3, -0.25) is 0 Å². The summed E-state index contributed by atoms with van der Waals surface area (Å²) in [6.07, 6.45) is 2.92.